The highest BCUT2D eigenvalue weighted by Crippen LogP contribution is 2.30. The van der Waals surface area contributed by atoms with E-state index in [4.69, 9.17) is 9.15 Å². The molecule has 39 heavy (non-hydrogen) atoms. The first-order valence-electron chi connectivity index (χ1n) is 12.0. The van der Waals surface area contributed by atoms with Crippen LogP contribution in [-0.2, 0) is 9.53 Å². The Labute approximate surface area is 231 Å². The van der Waals surface area contributed by atoms with Crippen LogP contribution in [0, 0.1) is 12.1 Å². The number of rotatable bonds is 7. The number of hydrogen-bond donors (Lipinski definition) is 1. The summed E-state index contributed by atoms with van der Waals surface area (Å²) in [7, 11) is 0. The lowest BCUT2D eigenvalue weighted by Crippen LogP contribution is -2.39. The molecule has 0 saturated heterocycles. The molecular formula is C28H24N3O6S2-. The van der Waals surface area contributed by atoms with Crippen LogP contribution < -0.4 is 20.1 Å². The number of aromatic nitrogens is 1. The second kappa shape index (κ2) is 11.1. The number of thiazole rings is 1. The largest absolute Gasteiger partial charge is 0.733 e. The lowest BCUT2D eigenvalue weighted by molar-refractivity contribution is -0.139. The minimum atomic E-state index is -0.690. The minimum Gasteiger partial charge on any atom is -0.733 e. The topological polar surface area (TPSA) is 120 Å². The van der Waals surface area contributed by atoms with Crippen molar-refractivity contribution in [2.24, 2.45) is 4.99 Å². The van der Waals surface area contributed by atoms with E-state index in [9.17, 15) is 20.0 Å². The summed E-state index contributed by atoms with van der Waals surface area (Å²) in [5.74, 6) is 0.362. The van der Waals surface area contributed by atoms with E-state index >= 15 is 0 Å². The van der Waals surface area contributed by atoms with Crippen molar-refractivity contribution in [2.75, 3.05) is 18.1 Å². The van der Waals surface area contributed by atoms with Gasteiger partial charge in [0.1, 0.15) is 11.5 Å². The summed E-state index contributed by atoms with van der Waals surface area (Å²) in [5, 5.41) is 20.6. The van der Waals surface area contributed by atoms with Crippen LogP contribution in [0.4, 0.5) is 5.69 Å². The molecule has 2 aromatic heterocycles. The van der Waals surface area contributed by atoms with Gasteiger partial charge in [-0.3, -0.25) is 14.6 Å². The van der Waals surface area contributed by atoms with E-state index in [0.717, 1.165) is 10.5 Å². The normalized spacial score (nSPS) is 14.9. The fourth-order valence-corrected chi connectivity index (χ4v) is 5.67. The molecule has 1 aliphatic rings. The SMILES string of the molecule is CCOC(=O)C1=CN=c2s/c(=C\c3ccc(-c4ccc(C)c(N([O-])O)c4)o3)c(=O)n2C1c1ccc(SC)cc1. The summed E-state index contributed by atoms with van der Waals surface area (Å²) in [6.07, 6.45) is 5.07. The zero-order valence-corrected chi connectivity index (χ0v) is 22.9. The van der Waals surface area contributed by atoms with Crippen LogP contribution in [0.3, 0.4) is 0 Å². The number of furan rings is 1. The van der Waals surface area contributed by atoms with Crippen LogP contribution in [0.25, 0.3) is 17.4 Å². The van der Waals surface area contributed by atoms with Crippen LogP contribution in [-0.4, -0.2) is 28.6 Å². The molecule has 0 saturated carbocycles. The molecule has 3 heterocycles. The van der Waals surface area contributed by atoms with Crippen molar-refractivity contribution in [2.45, 2.75) is 24.8 Å². The fraction of sp³-hybridized carbons (Fsp3) is 0.179. The maximum Gasteiger partial charge on any atom is 0.338 e. The molecule has 0 radical (unpaired) electrons. The van der Waals surface area contributed by atoms with Crippen molar-refractivity contribution < 1.29 is 19.2 Å². The summed E-state index contributed by atoms with van der Waals surface area (Å²) in [6, 6.07) is 15.4. The highest BCUT2D eigenvalue weighted by atomic mass is 32.2. The Hall–Kier alpha value is -3.90. The summed E-state index contributed by atoms with van der Waals surface area (Å²) in [6.45, 7) is 3.64. The summed E-state index contributed by atoms with van der Waals surface area (Å²) in [4.78, 5) is 32.4. The van der Waals surface area contributed by atoms with Gasteiger partial charge in [0.15, 0.2) is 4.80 Å². The number of ether oxygens (including phenoxy) is 1. The van der Waals surface area contributed by atoms with Crippen molar-refractivity contribution >= 4 is 40.8 Å². The lowest BCUT2D eigenvalue weighted by Gasteiger charge is -2.24. The number of aryl methyl sites for hydroxylation is 1. The van der Waals surface area contributed by atoms with Gasteiger partial charge in [-0.25, -0.2) is 9.79 Å². The number of benzene rings is 2. The van der Waals surface area contributed by atoms with Gasteiger partial charge < -0.3 is 19.6 Å². The summed E-state index contributed by atoms with van der Waals surface area (Å²) >= 11 is 2.79. The molecule has 5 rings (SSSR count). The van der Waals surface area contributed by atoms with Crippen molar-refractivity contribution in [1.82, 2.24) is 4.57 Å². The van der Waals surface area contributed by atoms with E-state index in [1.165, 1.54) is 28.2 Å². The van der Waals surface area contributed by atoms with Crippen LogP contribution in [0.2, 0.25) is 0 Å². The van der Waals surface area contributed by atoms with Crippen molar-refractivity contribution in [1.29, 1.82) is 0 Å². The molecule has 1 aliphatic heterocycles. The number of carbonyl (C=O) groups is 1. The van der Waals surface area contributed by atoms with Gasteiger partial charge >= 0.3 is 5.97 Å². The second-order valence-corrected chi connectivity index (χ2v) is 10.5. The van der Waals surface area contributed by atoms with E-state index in [1.54, 1.807) is 56.0 Å². The number of anilines is 1. The Balaban J connectivity index is 1.57. The fourth-order valence-electron chi connectivity index (χ4n) is 4.32. The predicted molar refractivity (Wildman–Crippen MR) is 151 cm³/mol. The van der Waals surface area contributed by atoms with Gasteiger partial charge in [0.2, 0.25) is 0 Å². The number of thioether (sulfide) groups is 1. The Morgan fingerprint density at radius 3 is 2.72 bits per heavy atom. The highest BCUT2D eigenvalue weighted by molar-refractivity contribution is 7.98. The molecule has 0 spiro atoms. The Morgan fingerprint density at radius 2 is 2.03 bits per heavy atom. The van der Waals surface area contributed by atoms with Gasteiger partial charge in [0, 0.05) is 22.7 Å². The van der Waals surface area contributed by atoms with E-state index in [2.05, 4.69) is 4.99 Å². The van der Waals surface area contributed by atoms with Gasteiger partial charge in [0.05, 0.1) is 28.4 Å². The summed E-state index contributed by atoms with van der Waals surface area (Å²) < 4.78 is 13.1. The molecule has 9 nitrogen and oxygen atoms in total. The van der Waals surface area contributed by atoms with Gasteiger partial charge in [-0.05, 0) is 61.6 Å². The zero-order valence-electron chi connectivity index (χ0n) is 21.3. The molecule has 200 valence electrons. The van der Waals surface area contributed by atoms with Gasteiger partial charge in [-0.1, -0.05) is 35.6 Å². The number of fused-ring (bicyclic) bond motifs is 1. The summed E-state index contributed by atoms with van der Waals surface area (Å²) in [5.41, 5.74) is 2.05. The molecule has 0 fully saturated rings. The van der Waals surface area contributed by atoms with Crippen molar-refractivity contribution in [3.05, 3.63) is 108 Å². The first-order valence-corrected chi connectivity index (χ1v) is 14.0. The van der Waals surface area contributed by atoms with Crippen LogP contribution >= 0.6 is 23.1 Å². The van der Waals surface area contributed by atoms with E-state index in [-0.39, 0.29) is 28.7 Å². The molecule has 0 aliphatic carbocycles. The van der Waals surface area contributed by atoms with Crippen molar-refractivity contribution in [3.63, 3.8) is 0 Å². The van der Waals surface area contributed by atoms with E-state index < -0.39 is 12.0 Å². The molecule has 0 amide bonds. The number of carbonyl (C=O) groups excluding carboxylic acids is 1. The smallest absolute Gasteiger partial charge is 0.338 e. The second-order valence-electron chi connectivity index (χ2n) is 8.65. The zero-order chi connectivity index (χ0) is 27.7. The predicted octanol–water partition coefficient (Wildman–Crippen LogP) is 4.39. The van der Waals surface area contributed by atoms with E-state index in [0.29, 0.717) is 32.0 Å². The molecule has 0 bridgehead atoms. The highest BCUT2D eigenvalue weighted by Gasteiger charge is 2.31. The van der Waals surface area contributed by atoms with Crippen molar-refractivity contribution in [3.8, 4) is 11.3 Å². The van der Waals surface area contributed by atoms with E-state index in [1.807, 2.05) is 30.5 Å². The van der Waals surface area contributed by atoms with Gasteiger partial charge in [-0.2, -0.15) is 0 Å². The van der Waals surface area contributed by atoms with Crippen LogP contribution in [0.15, 0.2) is 85.5 Å². The maximum atomic E-state index is 13.7. The molecule has 4 aromatic rings. The third-order valence-corrected chi connectivity index (χ3v) is 7.99. The Bertz CT molecular complexity index is 1750. The third kappa shape index (κ3) is 5.21. The first kappa shape index (κ1) is 26.7. The molecule has 1 unspecified atom stereocenters. The molecular weight excluding hydrogens is 538 g/mol. The molecule has 1 N–H and O–H groups in total. The van der Waals surface area contributed by atoms with Crippen LogP contribution in [0.5, 0.6) is 0 Å². The monoisotopic (exact) mass is 562 g/mol. The Kier molecular flexibility index (Phi) is 7.58. The quantitative estimate of drug-likeness (QED) is 0.200. The van der Waals surface area contributed by atoms with Gasteiger partial charge in [0.25, 0.3) is 5.56 Å². The van der Waals surface area contributed by atoms with Crippen LogP contribution in [0.1, 0.15) is 29.9 Å². The van der Waals surface area contributed by atoms with Gasteiger partial charge in [-0.15, -0.1) is 11.8 Å². The average molecular weight is 563 g/mol. The molecule has 1 atom stereocenters. The number of hydrogen-bond acceptors (Lipinski definition) is 10. The molecule has 2 aromatic carbocycles. The minimum absolute atomic E-state index is 0.113. The third-order valence-electron chi connectivity index (χ3n) is 6.25. The first-order chi connectivity index (χ1) is 18.8. The number of nitrogens with zero attached hydrogens (tertiary/aromatic N) is 3. The average Bonchev–Trinajstić information content (AvgIpc) is 3.53. The molecule has 11 heteroatoms. The maximum absolute atomic E-state index is 13.7. The Morgan fingerprint density at radius 1 is 1.26 bits per heavy atom. The number of esters is 1. The lowest BCUT2D eigenvalue weighted by atomic mass is 9.98. The standard InChI is InChI=1S/C28H24N3O6S2/c1-4-36-27(33)21-15-29-28-30(25(21)17-7-10-20(38-3)11-8-17)26(32)24(39-28)14-19-9-12-23(37-19)18-6-5-16(2)22(13-18)31(34)35/h5-15,25,34H,4H2,1-3H3/q-1/b24-14-.